The molecule has 0 N–H and O–H groups in total. The van der Waals surface area contributed by atoms with Crippen molar-refractivity contribution in [1.29, 1.82) is 0 Å². The highest BCUT2D eigenvalue weighted by atomic mass is 16.5. The second-order valence-corrected chi connectivity index (χ2v) is 9.26. The molecule has 2 aliphatic rings. The van der Waals surface area contributed by atoms with Gasteiger partial charge in [-0.25, -0.2) is 0 Å². The minimum atomic E-state index is -1.06. The number of benzene rings is 4. The average molecular weight is 482 g/mol. The second-order valence-electron chi connectivity index (χ2n) is 9.26. The van der Waals surface area contributed by atoms with Crippen LogP contribution in [0.4, 0.5) is 5.69 Å². The van der Waals surface area contributed by atoms with Crippen molar-refractivity contribution in [3.8, 4) is 22.8 Å². The molecule has 0 bridgehead atoms. The van der Waals surface area contributed by atoms with Gasteiger partial charge in [-0.05, 0) is 29.8 Å². The highest BCUT2D eigenvalue weighted by molar-refractivity contribution is 6.13. The number of para-hydroxylation sites is 2. The van der Waals surface area contributed by atoms with Gasteiger partial charge in [0.15, 0.2) is 0 Å². The summed E-state index contributed by atoms with van der Waals surface area (Å²) in [4.78, 5) is 16.5. The normalized spacial score (nSPS) is 17.5. The molecule has 0 unspecified atom stereocenters. The molecule has 0 saturated carbocycles. The zero-order valence-corrected chi connectivity index (χ0v) is 20.0. The number of ether oxygens (including phenoxy) is 1. The molecule has 1 aromatic heterocycles. The van der Waals surface area contributed by atoms with Crippen LogP contribution in [0, 0.1) is 0 Å². The summed E-state index contributed by atoms with van der Waals surface area (Å²) in [5.74, 6) is 0.542. The SMILES string of the molecule is O=C1N(Cc2ccccc2)c2ccccc2[C@]12C=COc1c2c(-c2ccccc2)nn1-c1ccccc1. The molecule has 2 aliphatic heterocycles. The Labute approximate surface area is 214 Å². The van der Waals surface area contributed by atoms with Crippen LogP contribution in [0.15, 0.2) is 128 Å². The van der Waals surface area contributed by atoms with Crippen molar-refractivity contribution in [1.82, 2.24) is 9.78 Å². The Kier molecular flexibility index (Phi) is 4.83. The highest BCUT2D eigenvalue weighted by Crippen LogP contribution is 2.54. The lowest BCUT2D eigenvalue weighted by Gasteiger charge is -2.29. The summed E-state index contributed by atoms with van der Waals surface area (Å²) in [6.07, 6.45) is 3.53. The molecular weight excluding hydrogens is 458 g/mol. The number of fused-ring (bicyclic) bond motifs is 4. The molecule has 3 heterocycles. The van der Waals surface area contributed by atoms with Gasteiger partial charge in [-0.2, -0.15) is 9.78 Å². The van der Waals surface area contributed by atoms with Crippen molar-refractivity contribution < 1.29 is 9.53 Å². The molecule has 5 aromatic rings. The van der Waals surface area contributed by atoms with E-state index in [9.17, 15) is 4.79 Å². The van der Waals surface area contributed by atoms with Crippen molar-refractivity contribution in [2.45, 2.75) is 12.0 Å². The first-order valence-corrected chi connectivity index (χ1v) is 12.3. The number of hydrogen-bond donors (Lipinski definition) is 0. The molecule has 0 fully saturated rings. The lowest BCUT2D eigenvalue weighted by molar-refractivity contribution is -0.120. The van der Waals surface area contributed by atoms with Crippen LogP contribution in [-0.2, 0) is 16.8 Å². The van der Waals surface area contributed by atoms with E-state index in [2.05, 4.69) is 12.1 Å². The average Bonchev–Trinajstić information content (AvgIpc) is 3.46. The number of rotatable bonds is 4. The maximum atomic E-state index is 14.6. The Hall–Kier alpha value is -4.90. The van der Waals surface area contributed by atoms with Gasteiger partial charge in [0.1, 0.15) is 11.1 Å². The number of nitrogens with zero attached hydrogens (tertiary/aromatic N) is 3. The van der Waals surface area contributed by atoms with E-state index in [0.717, 1.165) is 39.3 Å². The van der Waals surface area contributed by atoms with Gasteiger partial charge >= 0.3 is 0 Å². The van der Waals surface area contributed by atoms with Crippen LogP contribution in [0.1, 0.15) is 16.7 Å². The van der Waals surface area contributed by atoms with Crippen LogP contribution in [0.3, 0.4) is 0 Å². The third-order valence-corrected chi connectivity index (χ3v) is 7.17. The van der Waals surface area contributed by atoms with Crippen LogP contribution in [0.5, 0.6) is 5.88 Å². The van der Waals surface area contributed by atoms with Crippen LogP contribution in [-0.4, -0.2) is 15.7 Å². The number of amides is 1. The summed E-state index contributed by atoms with van der Waals surface area (Å²) >= 11 is 0. The van der Waals surface area contributed by atoms with Crippen molar-refractivity contribution >= 4 is 11.6 Å². The summed E-state index contributed by atoms with van der Waals surface area (Å²) in [6, 6.07) is 38.0. The van der Waals surface area contributed by atoms with Crippen molar-refractivity contribution in [3.63, 3.8) is 0 Å². The zero-order valence-electron chi connectivity index (χ0n) is 20.0. The van der Waals surface area contributed by atoms with Gasteiger partial charge in [0.25, 0.3) is 0 Å². The van der Waals surface area contributed by atoms with Crippen molar-refractivity contribution in [2.24, 2.45) is 0 Å². The highest BCUT2D eigenvalue weighted by Gasteiger charge is 2.55. The van der Waals surface area contributed by atoms with Gasteiger partial charge in [-0.1, -0.05) is 97.1 Å². The maximum Gasteiger partial charge on any atom is 0.246 e. The van der Waals surface area contributed by atoms with Crippen molar-refractivity contribution in [3.05, 3.63) is 144 Å². The van der Waals surface area contributed by atoms with Gasteiger partial charge in [0.2, 0.25) is 11.8 Å². The number of aromatic nitrogens is 2. The summed E-state index contributed by atoms with van der Waals surface area (Å²) in [5, 5.41) is 5.05. The minimum Gasteiger partial charge on any atom is -0.447 e. The smallest absolute Gasteiger partial charge is 0.246 e. The molecule has 0 saturated heterocycles. The standard InChI is InChI=1S/C32H23N3O2/c36-31-32(26-18-10-11-19-27(26)34(31)22-23-12-4-1-5-13-23)20-21-37-30-28(32)29(24-14-6-2-7-15-24)33-35(30)25-16-8-3-9-17-25/h1-21H,22H2/t32-/m0/s1. The van der Waals surface area contributed by atoms with Crippen LogP contribution in [0.25, 0.3) is 16.9 Å². The molecular formula is C32H23N3O2. The van der Waals surface area contributed by atoms with E-state index in [1.54, 1.807) is 10.9 Å². The fourth-order valence-electron chi connectivity index (χ4n) is 5.50. The van der Waals surface area contributed by atoms with E-state index in [1.807, 2.05) is 114 Å². The van der Waals surface area contributed by atoms with E-state index in [-0.39, 0.29) is 5.91 Å². The monoisotopic (exact) mass is 481 g/mol. The van der Waals surface area contributed by atoms with E-state index >= 15 is 0 Å². The molecule has 4 aromatic carbocycles. The van der Waals surface area contributed by atoms with E-state index in [4.69, 9.17) is 9.84 Å². The Morgan fingerprint density at radius 1 is 0.757 bits per heavy atom. The van der Waals surface area contributed by atoms with E-state index in [1.165, 1.54) is 0 Å². The first kappa shape index (κ1) is 21.4. The van der Waals surface area contributed by atoms with Gasteiger partial charge in [-0.3, -0.25) is 4.79 Å². The van der Waals surface area contributed by atoms with Gasteiger partial charge in [0, 0.05) is 16.8 Å². The zero-order chi connectivity index (χ0) is 24.8. The molecule has 7 rings (SSSR count). The molecule has 5 nitrogen and oxygen atoms in total. The van der Waals surface area contributed by atoms with E-state index in [0.29, 0.717) is 12.4 Å². The maximum absolute atomic E-state index is 14.6. The van der Waals surface area contributed by atoms with E-state index < -0.39 is 5.41 Å². The molecule has 5 heteroatoms. The van der Waals surface area contributed by atoms with Gasteiger partial charge in [0.05, 0.1) is 24.1 Å². The van der Waals surface area contributed by atoms with Gasteiger partial charge in [-0.15, -0.1) is 0 Å². The van der Waals surface area contributed by atoms with Gasteiger partial charge < -0.3 is 9.64 Å². The Bertz CT molecular complexity index is 1640. The Morgan fingerprint density at radius 2 is 1.41 bits per heavy atom. The predicted octanol–water partition coefficient (Wildman–Crippen LogP) is 6.28. The fraction of sp³-hybridized carbons (Fsp3) is 0.0625. The molecule has 37 heavy (non-hydrogen) atoms. The topological polar surface area (TPSA) is 47.4 Å². The predicted molar refractivity (Wildman–Crippen MR) is 144 cm³/mol. The quantitative estimate of drug-likeness (QED) is 0.304. The number of anilines is 1. The van der Waals surface area contributed by atoms with Crippen LogP contribution in [0.2, 0.25) is 0 Å². The number of hydrogen-bond acceptors (Lipinski definition) is 3. The molecule has 178 valence electrons. The number of carbonyl (C=O) groups is 1. The second kappa shape index (κ2) is 8.35. The molecule has 0 radical (unpaired) electrons. The first-order valence-electron chi connectivity index (χ1n) is 12.3. The summed E-state index contributed by atoms with van der Waals surface area (Å²) < 4.78 is 7.97. The molecule has 1 amide bonds. The Balaban J connectivity index is 1.50. The summed E-state index contributed by atoms with van der Waals surface area (Å²) in [5.41, 5.74) is 5.14. The lowest BCUT2D eigenvalue weighted by Crippen LogP contribution is -2.41. The van der Waals surface area contributed by atoms with Crippen molar-refractivity contribution in [2.75, 3.05) is 4.90 Å². The largest absolute Gasteiger partial charge is 0.447 e. The van der Waals surface area contributed by atoms with Crippen LogP contribution < -0.4 is 9.64 Å². The molecule has 1 spiro atoms. The first-order chi connectivity index (χ1) is 18.3. The molecule has 0 aliphatic carbocycles. The lowest BCUT2D eigenvalue weighted by atomic mass is 9.73. The third-order valence-electron chi connectivity index (χ3n) is 7.17. The minimum absolute atomic E-state index is 0.0110. The fourth-order valence-corrected chi connectivity index (χ4v) is 5.50. The van der Waals surface area contributed by atoms with Crippen LogP contribution >= 0.6 is 0 Å². The Morgan fingerprint density at radius 3 is 2.16 bits per heavy atom. The molecule has 1 atom stereocenters. The summed E-state index contributed by atoms with van der Waals surface area (Å²) in [6.45, 7) is 0.482. The third kappa shape index (κ3) is 3.17. The summed E-state index contributed by atoms with van der Waals surface area (Å²) in [7, 11) is 0. The number of carbonyl (C=O) groups excluding carboxylic acids is 1.